The summed E-state index contributed by atoms with van der Waals surface area (Å²) in [5.74, 6) is 0.686. The minimum absolute atomic E-state index is 0.460. The maximum atomic E-state index is 6.09. The first-order valence-electron chi connectivity index (χ1n) is 5.23. The zero-order chi connectivity index (χ0) is 10.7. The lowest BCUT2D eigenvalue weighted by Crippen LogP contribution is -2.28. The number of pyridine rings is 1. The van der Waals surface area contributed by atoms with Crippen molar-refractivity contribution in [2.75, 3.05) is 13.2 Å². The minimum atomic E-state index is 0.460. The van der Waals surface area contributed by atoms with Gasteiger partial charge in [0.1, 0.15) is 6.61 Å². The lowest BCUT2D eigenvalue weighted by molar-refractivity contribution is 0.276. The number of ether oxygens (including phenoxy) is 1. The summed E-state index contributed by atoms with van der Waals surface area (Å²) in [5, 5.41) is 4.04. The molecule has 1 aromatic heterocycles. The summed E-state index contributed by atoms with van der Waals surface area (Å²) in [4.78, 5) is 4.06. The Balaban J connectivity index is 1.95. The van der Waals surface area contributed by atoms with Crippen molar-refractivity contribution >= 4 is 11.6 Å². The first kappa shape index (κ1) is 10.7. The zero-order valence-electron chi connectivity index (χ0n) is 8.79. The van der Waals surface area contributed by atoms with Gasteiger partial charge in [-0.25, -0.2) is 0 Å². The highest BCUT2D eigenvalue weighted by atomic mass is 35.5. The van der Waals surface area contributed by atoms with E-state index in [2.05, 4.69) is 10.3 Å². The van der Waals surface area contributed by atoms with Crippen LogP contribution < -0.4 is 10.1 Å². The molecule has 15 heavy (non-hydrogen) atoms. The minimum Gasteiger partial charge on any atom is -0.489 e. The van der Waals surface area contributed by atoms with Crippen molar-refractivity contribution in [3.8, 4) is 5.75 Å². The summed E-state index contributed by atoms with van der Waals surface area (Å²) in [5.41, 5.74) is 0.952. The first-order chi connectivity index (χ1) is 7.27. The predicted octanol–water partition coefficient (Wildman–Crippen LogP) is 2.17. The monoisotopic (exact) mass is 226 g/mol. The Bertz CT molecular complexity index is 337. The van der Waals surface area contributed by atoms with E-state index in [1.807, 2.05) is 6.92 Å². The molecule has 0 spiro atoms. The van der Waals surface area contributed by atoms with Crippen molar-refractivity contribution in [1.29, 1.82) is 0 Å². The Hall–Kier alpha value is -0.800. The quantitative estimate of drug-likeness (QED) is 0.858. The molecule has 1 N–H and O–H groups in total. The van der Waals surface area contributed by atoms with Gasteiger partial charge in [-0.05, 0) is 31.9 Å². The van der Waals surface area contributed by atoms with E-state index in [1.165, 1.54) is 12.8 Å². The molecule has 1 fully saturated rings. The number of hydrogen-bond donors (Lipinski definition) is 1. The molecule has 3 nitrogen and oxygen atoms in total. The van der Waals surface area contributed by atoms with Crippen LogP contribution in [0.3, 0.4) is 0 Å². The van der Waals surface area contributed by atoms with E-state index in [0.717, 1.165) is 12.1 Å². The van der Waals surface area contributed by atoms with Crippen LogP contribution in [-0.4, -0.2) is 24.2 Å². The van der Waals surface area contributed by atoms with E-state index in [0.29, 0.717) is 23.4 Å². The van der Waals surface area contributed by atoms with Crippen molar-refractivity contribution in [2.45, 2.75) is 25.8 Å². The van der Waals surface area contributed by atoms with Gasteiger partial charge in [-0.15, -0.1) is 0 Å². The van der Waals surface area contributed by atoms with Gasteiger partial charge in [-0.3, -0.25) is 4.98 Å². The number of nitrogens with one attached hydrogen (secondary N) is 1. The molecule has 1 aliphatic heterocycles. The third kappa shape index (κ3) is 2.61. The van der Waals surface area contributed by atoms with Crippen molar-refractivity contribution < 1.29 is 4.74 Å². The molecule has 1 unspecified atom stereocenters. The fraction of sp³-hybridized carbons (Fsp3) is 0.545. The zero-order valence-corrected chi connectivity index (χ0v) is 9.55. The van der Waals surface area contributed by atoms with Gasteiger partial charge in [0.15, 0.2) is 5.75 Å². The van der Waals surface area contributed by atoms with Crippen LogP contribution in [0.25, 0.3) is 0 Å². The summed E-state index contributed by atoms with van der Waals surface area (Å²) in [6.07, 6.45) is 5.82. The third-order valence-corrected chi connectivity index (χ3v) is 3.11. The van der Waals surface area contributed by atoms with Crippen molar-refractivity contribution in [1.82, 2.24) is 10.3 Å². The fourth-order valence-corrected chi connectivity index (χ4v) is 1.87. The lowest BCUT2D eigenvalue weighted by Gasteiger charge is -2.13. The molecule has 0 amide bonds. The summed E-state index contributed by atoms with van der Waals surface area (Å²) < 4.78 is 5.64. The predicted molar refractivity (Wildman–Crippen MR) is 60.5 cm³/mol. The summed E-state index contributed by atoms with van der Waals surface area (Å²) in [7, 11) is 0. The number of hydrogen-bond acceptors (Lipinski definition) is 3. The first-order valence-corrected chi connectivity index (χ1v) is 5.61. The largest absolute Gasteiger partial charge is 0.489 e. The third-order valence-electron chi connectivity index (χ3n) is 2.62. The van der Waals surface area contributed by atoms with E-state index in [9.17, 15) is 0 Å². The van der Waals surface area contributed by atoms with Crippen LogP contribution in [0.4, 0.5) is 0 Å². The standard InChI is InChI=1S/C11H15ClN2O/c1-8-5-13-6-10(11(8)12)15-7-9-3-2-4-14-9/h5-6,9,14H,2-4,7H2,1H3. The maximum Gasteiger partial charge on any atom is 0.156 e. The second-order valence-electron chi connectivity index (χ2n) is 3.87. The van der Waals surface area contributed by atoms with Crippen LogP contribution in [0.15, 0.2) is 12.4 Å². The molecule has 2 rings (SSSR count). The highest BCUT2D eigenvalue weighted by molar-refractivity contribution is 6.32. The van der Waals surface area contributed by atoms with Gasteiger partial charge >= 0.3 is 0 Å². The van der Waals surface area contributed by atoms with Crippen LogP contribution in [0, 0.1) is 6.92 Å². The van der Waals surface area contributed by atoms with Gasteiger partial charge in [0.25, 0.3) is 0 Å². The van der Waals surface area contributed by atoms with Crippen LogP contribution in [0.5, 0.6) is 5.75 Å². The molecule has 2 heterocycles. The molecule has 1 aromatic rings. The Morgan fingerprint density at radius 2 is 2.47 bits per heavy atom. The van der Waals surface area contributed by atoms with Crippen LogP contribution in [0.2, 0.25) is 5.02 Å². The van der Waals surface area contributed by atoms with Crippen LogP contribution >= 0.6 is 11.6 Å². The van der Waals surface area contributed by atoms with E-state index < -0.39 is 0 Å². The average molecular weight is 227 g/mol. The molecule has 1 aliphatic rings. The maximum absolute atomic E-state index is 6.09. The number of aryl methyl sites for hydroxylation is 1. The molecule has 4 heteroatoms. The number of halogens is 1. The van der Waals surface area contributed by atoms with Gasteiger partial charge < -0.3 is 10.1 Å². The topological polar surface area (TPSA) is 34.1 Å². The molecule has 1 atom stereocenters. The molecule has 0 aliphatic carbocycles. The molecule has 0 bridgehead atoms. The fourth-order valence-electron chi connectivity index (χ4n) is 1.71. The summed E-state index contributed by atoms with van der Waals surface area (Å²) in [6, 6.07) is 0.460. The van der Waals surface area contributed by atoms with E-state index >= 15 is 0 Å². The Labute approximate surface area is 94.8 Å². The average Bonchev–Trinajstić information content (AvgIpc) is 2.73. The van der Waals surface area contributed by atoms with Crippen LogP contribution in [0.1, 0.15) is 18.4 Å². The van der Waals surface area contributed by atoms with Crippen LogP contribution in [-0.2, 0) is 0 Å². The SMILES string of the molecule is Cc1cncc(OCC2CCCN2)c1Cl. The highest BCUT2D eigenvalue weighted by Crippen LogP contribution is 2.26. The van der Waals surface area contributed by atoms with Crippen molar-refractivity contribution in [3.63, 3.8) is 0 Å². The lowest BCUT2D eigenvalue weighted by atomic mass is 10.2. The van der Waals surface area contributed by atoms with Gasteiger partial charge in [0.2, 0.25) is 0 Å². The molecule has 0 saturated carbocycles. The smallest absolute Gasteiger partial charge is 0.156 e. The molecule has 0 aromatic carbocycles. The number of aromatic nitrogens is 1. The summed E-state index contributed by atoms with van der Waals surface area (Å²) >= 11 is 6.09. The van der Waals surface area contributed by atoms with Gasteiger partial charge in [0, 0.05) is 12.2 Å². The summed E-state index contributed by atoms with van der Waals surface area (Å²) in [6.45, 7) is 3.69. The Morgan fingerprint density at radius 3 is 3.20 bits per heavy atom. The number of rotatable bonds is 3. The molecule has 82 valence electrons. The van der Waals surface area contributed by atoms with Crippen molar-refractivity contribution in [3.05, 3.63) is 23.0 Å². The Morgan fingerprint density at radius 1 is 1.60 bits per heavy atom. The van der Waals surface area contributed by atoms with E-state index in [-0.39, 0.29) is 0 Å². The molecule has 0 radical (unpaired) electrons. The van der Waals surface area contributed by atoms with Gasteiger partial charge in [-0.2, -0.15) is 0 Å². The van der Waals surface area contributed by atoms with Crippen molar-refractivity contribution in [2.24, 2.45) is 0 Å². The molecular weight excluding hydrogens is 212 g/mol. The Kier molecular flexibility index (Phi) is 3.44. The number of nitrogens with zero attached hydrogens (tertiary/aromatic N) is 1. The van der Waals surface area contributed by atoms with E-state index in [1.54, 1.807) is 12.4 Å². The van der Waals surface area contributed by atoms with Gasteiger partial charge in [0.05, 0.1) is 11.2 Å². The molecule has 1 saturated heterocycles. The van der Waals surface area contributed by atoms with E-state index in [4.69, 9.17) is 16.3 Å². The van der Waals surface area contributed by atoms with Gasteiger partial charge in [-0.1, -0.05) is 11.6 Å². The second kappa shape index (κ2) is 4.81. The normalized spacial score (nSPS) is 20.5. The second-order valence-corrected chi connectivity index (χ2v) is 4.25. The molecular formula is C11H15ClN2O. The highest BCUT2D eigenvalue weighted by Gasteiger charge is 2.15.